The second-order valence-electron chi connectivity index (χ2n) is 7.91. The van der Waals surface area contributed by atoms with Gasteiger partial charge in [-0.1, -0.05) is 42.5 Å². The van der Waals surface area contributed by atoms with E-state index in [-0.39, 0.29) is 11.3 Å². The van der Waals surface area contributed by atoms with Gasteiger partial charge in [0.1, 0.15) is 17.3 Å². The first kappa shape index (κ1) is 22.1. The maximum atomic E-state index is 13.4. The summed E-state index contributed by atoms with van der Waals surface area (Å²) in [4.78, 5) is 28.1. The van der Waals surface area contributed by atoms with Crippen LogP contribution in [0.4, 0.5) is 5.69 Å². The van der Waals surface area contributed by atoms with Crippen LogP contribution in [0.3, 0.4) is 0 Å². The van der Waals surface area contributed by atoms with Crippen LogP contribution in [0, 0.1) is 13.8 Å². The maximum absolute atomic E-state index is 13.4. The number of hydrogen-bond donors (Lipinski definition) is 1. The standard InChI is InChI=1S/C27H25NO5/c1-16-14-17(2)26(33-4)20(15-16)24(29)22-23(19-12-8-9-13-21(19)32-3)28(27(31)25(22)30)18-10-6-5-7-11-18/h5-15,23,29H,1-4H3/b24-22+. The van der Waals surface area contributed by atoms with Crippen LogP contribution in [0.5, 0.6) is 11.5 Å². The summed E-state index contributed by atoms with van der Waals surface area (Å²) in [6.45, 7) is 3.76. The number of hydrogen-bond acceptors (Lipinski definition) is 5. The number of rotatable bonds is 5. The van der Waals surface area contributed by atoms with Crippen LogP contribution in [-0.2, 0) is 9.59 Å². The van der Waals surface area contributed by atoms with Crippen molar-refractivity contribution >= 4 is 23.1 Å². The molecular formula is C27H25NO5. The number of ether oxygens (including phenoxy) is 2. The maximum Gasteiger partial charge on any atom is 0.300 e. The summed E-state index contributed by atoms with van der Waals surface area (Å²) in [7, 11) is 3.04. The van der Waals surface area contributed by atoms with Gasteiger partial charge in [0.2, 0.25) is 0 Å². The number of carbonyl (C=O) groups is 2. The lowest BCUT2D eigenvalue weighted by Gasteiger charge is -2.26. The molecule has 1 N–H and O–H groups in total. The highest BCUT2D eigenvalue weighted by Gasteiger charge is 2.48. The van der Waals surface area contributed by atoms with Crippen molar-refractivity contribution in [3.8, 4) is 11.5 Å². The lowest BCUT2D eigenvalue weighted by atomic mass is 9.93. The highest BCUT2D eigenvalue weighted by Crippen LogP contribution is 2.46. The fraction of sp³-hybridized carbons (Fsp3) is 0.185. The van der Waals surface area contributed by atoms with Gasteiger partial charge in [-0.2, -0.15) is 0 Å². The number of aliphatic hydroxyl groups is 1. The topological polar surface area (TPSA) is 76.1 Å². The van der Waals surface area contributed by atoms with E-state index in [0.717, 1.165) is 11.1 Å². The van der Waals surface area contributed by atoms with E-state index >= 15 is 0 Å². The number of carbonyl (C=O) groups excluding carboxylic acids is 2. The summed E-state index contributed by atoms with van der Waals surface area (Å²) in [5, 5.41) is 11.5. The second kappa shape index (κ2) is 8.82. The molecule has 33 heavy (non-hydrogen) atoms. The molecule has 0 radical (unpaired) electrons. The predicted octanol–water partition coefficient (Wildman–Crippen LogP) is 4.95. The number of methoxy groups -OCH3 is 2. The van der Waals surface area contributed by atoms with E-state index in [2.05, 4.69) is 0 Å². The Labute approximate surface area is 192 Å². The quantitative estimate of drug-likeness (QED) is 0.343. The Morgan fingerprint density at radius 3 is 2.24 bits per heavy atom. The second-order valence-corrected chi connectivity index (χ2v) is 7.91. The third-order valence-corrected chi connectivity index (χ3v) is 5.79. The Bertz CT molecular complexity index is 1260. The van der Waals surface area contributed by atoms with Crippen LogP contribution in [0.2, 0.25) is 0 Å². The predicted molar refractivity (Wildman–Crippen MR) is 127 cm³/mol. The molecule has 0 aromatic heterocycles. The Morgan fingerprint density at radius 2 is 1.58 bits per heavy atom. The molecule has 1 aliphatic rings. The monoisotopic (exact) mass is 443 g/mol. The molecule has 0 bridgehead atoms. The minimum Gasteiger partial charge on any atom is -0.507 e. The molecule has 6 nitrogen and oxygen atoms in total. The van der Waals surface area contributed by atoms with Crippen molar-refractivity contribution in [3.05, 3.63) is 94.6 Å². The Morgan fingerprint density at radius 1 is 0.909 bits per heavy atom. The fourth-order valence-corrected chi connectivity index (χ4v) is 4.42. The molecule has 1 aliphatic heterocycles. The molecule has 0 aliphatic carbocycles. The summed E-state index contributed by atoms with van der Waals surface area (Å²) >= 11 is 0. The fourth-order valence-electron chi connectivity index (χ4n) is 4.42. The number of benzene rings is 3. The highest BCUT2D eigenvalue weighted by atomic mass is 16.5. The third kappa shape index (κ3) is 3.74. The average molecular weight is 443 g/mol. The van der Waals surface area contributed by atoms with Gasteiger partial charge in [-0.05, 0) is 49.2 Å². The molecule has 0 spiro atoms. The molecule has 3 aromatic rings. The van der Waals surface area contributed by atoms with Crippen LogP contribution in [-0.4, -0.2) is 31.0 Å². The van der Waals surface area contributed by atoms with Gasteiger partial charge < -0.3 is 14.6 Å². The van der Waals surface area contributed by atoms with E-state index in [1.165, 1.54) is 19.1 Å². The highest BCUT2D eigenvalue weighted by molar-refractivity contribution is 6.51. The van der Waals surface area contributed by atoms with E-state index < -0.39 is 17.7 Å². The zero-order valence-corrected chi connectivity index (χ0v) is 19.0. The molecule has 1 fully saturated rings. The lowest BCUT2D eigenvalue weighted by Crippen LogP contribution is -2.29. The van der Waals surface area contributed by atoms with Crippen molar-refractivity contribution in [3.63, 3.8) is 0 Å². The van der Waals surface area contributed by atoms with Gasteiger partial charge in [0, 0.05) is 11.3 Å². The molecule has 0 saturated carbocycles. The third-order valence-electron chi connectivity index (χ3n) is 5.79. The molecule has 1 amide bonds. The molecule has 168 valence electrons. The zero-order valence-electron chi connectivity index (χ0n) is 19.0. The number of ketones is 1. The van der Waals surface area contributed by atoms with Crippen LogP contribution in [0.15, 0.2) is 72.3 Å². The van der Waals surface area contributed by atoms with Gasteiger partial charge in [0.25, 0.3) is 11.7 Å². The first-order valence-corrected chi connectivity index (χ1v) is 10.5. The van der Waals surface area contributed by atoms with Crippen LogP contribution in [0.1, 0.15) is 28.3 Å². The molecule has 4 rings (SSSR count). The van der Waals surface area contributed by atoms with Crippen molar-refractivity contribution in [2.24, 2.45) is 0 Å². The SMILES string of the molecule is COc1ccccc1C1/C(=C(\O)c2cc(C)cc(C)c2OC)C(=O)C(=O)N1c1ccccc1. The van der Waals surface area contributed by atoms with Crippen molar-refractivity contribution in [1.82, 2.24) is 0 Å². The van der Waals surface area contributed by atoms with Gasteiger partial charge in [-0.25, -0.2) is 0 Å². The summed E-state index contributed by atoms with van der Waals surface area (Å²) in [6.07, 6.45) is 0. The summed E-state index contributed by atoms with van der Waals surface area (Å²) in [5.41, 5.74) is 3.18. The van der Waals surface area contributed by atoms with E-state index in [9.17, 15) is 14.7 Å². The first-order chi connectivity index (χ1) is 15.9. The average Bonchev–Trinajstić information content (AvgIpc) is 3.09. The van der Waals surface area contributed by atoms with Crippen molar-refractivity contribution in [2.75, 3.05) is 19.1 Å². The van der Waals surface area contributed by atoms with Gasteiger partial charge in [-0.3, -0.25) is 14.5 Å². The van der Waals surface area contributed by atoms with Crippen LogP contribution < -0.4 is 14.4 Å². The van der Waals surface area contributed by atoms with E-state index in [1.54, 1.807) is 48.5 Å². The Kier molecular flexibility index (Phi) is 5.92. The molecule has 6 heteroatoms. The summed E-state index contributed by atoms with van der Waals surface area (Å²) in [5.74, 6) is -0.826. The molecule has 3 aromatic carbocycles. The first-order valence-electron chi connectivity index (χ1n) is 10.5. The van der Waals surface area contributed by atoms with Crippen molar-refractivity contribution in [1.29, 1.82) is 0 Å². The largest absolute Gasteiger partial charge is 0.507 e. The molecule has 1 unspecified atom stereocenters. The smallest absolute Gasteiger partial charge is 0.300 e. The number of anilines is 1. The normalized spacial score (nSPS) is 17.3. The number of Topliss-reactive ketones (excluding diaryl/α,β-unsaturated/α-hetero) is 1. The molecule has 1 heterocycles. The molecule has 1 saturated heterocycles. The minimum atomic E-state index is -0.880. The number of amides is 1. The van der Waals surface area contributed by atoms with Crippen molar-refractivity contribution in [2.45, 2.75) is 19.9 Å². The van der Waals surface area contributed by atoms with Crippen molar-refractivity contribution < 1.29 is 24.2 Å². The summed E-state index contributed by atoms with van der Waals surface area (Å²) in [6, 6.07) is 18.9. The van der Waals surface area contributed by atoms with E-state index in [4.69, 9.17) is 9.47 Å². The van der Waals surface area contributed by atoms with Gasteiger partial charge >= 0.3 is 0 Å². The number of aryl methyl sites for hydroxylation is 2. The summed E-state index contributed by atoms with van der Waals surface area (Å²) < 4.78 is 11.1. The minimum absolute atomic E-state index is 0.0170. The lowest BCUT2D eigenvalue weighted by molar-refractivity contribution is -0.132. The Hall–Kier alpha value is -4.06. The Balaban J connectivity index is 2.04. The van der Waals surface area contributed by atoms with Crippen LogP contribution in [0.25, 0.3) is 5.76 Å². The van der Waals surface area contributed by atoms with Gasteiger partial charge in [0.15, 0.2) is 0 Å². The molecule has 1 atom stereocenters. The van der Waals surface area contributed by atoms with Gasteiger partial charge in [-0.15, -0.1) is 0 Å². The number of para-hydroxylation sites is 2. The van der Waals surface area contributed by atoms with Gasteiger partial charge in [0.05, 0.1) is 31.4 Å². The van der Waals surface area contributed by atoms with E-state index in [0.29, 0.717) is 28.3 Å². The van der Waals surface area contributed by atoms with E-state index in [1.807, 2.05) is 32.0 Å². The zero-order chi connectivity index (χ0) is 23.7. The molecular weight excluding hydrogens is 418 g/mol. The van der Waals surface area contributed by atoms with Crippen LogP contribution >= 0.6 is 0 Å². The number of nitrogens with zero attached hydrogens (tertiary/aromatic N) is 1. The number of aliphatic hydroxyl groups excluding tert-OH is 1.